The van der Waals surface area contributed by atoms with Gasteiger partial charge in [0.05, 0.1) is 36.1 Å². The molecule has 5 aromatic rings. The normalized spacial score (nSPS) is 12.0. The molecule has 0 aliphatic carbocycles. The summed E-state index contributed by atoms with van der Waals surface area (Å²) in [6.45, 7) is 0.264. The third kappa shape index (κ3) is 6.90. The summed E-state index contributed by atoms with van der Waals surface area (Å²) in [4.78, 5) is 8.27. The topological polar surface area (TPSA) is 89.4 Å². The first kappa shape index (κ1) is 30.7. The molecule has 0 spiro atoms. The molecule has 0 saturated heterocycles. The number of halogens is 4. The van der Waals surface area contributed by atoms with Crippen molar-refractivity contribution < 1.29 is 30.7 Å². The van der Waals surface area contributed by atoms with Crippen LogP contribution < -0.4 is 10.1 Å². The Hall–Kier alpha value is -4.75. The molecule has 0 fully saturated rings. The quantitative estimate of drug-likeness (QED) is 0.173. The van der Waals surface area contributed by atoms with Gasteiger partial charge in [-0.15, -0.1) is 0 Å². The number of alkyl halides is 3. The third-order valence-electron chi connectivity index (χ3n) is 6.84. The average molecular weight is 626 g/mol. The van der Waals surface area contributed by atoms with Gasteiger partial charge in [-0.25, -0.2) is 22.8 Å². The van der Waals surface area contributed by atoms with Crippen LogP contribution in [0.3, 0.4) is 0 Å². The van der Waals surface area contributed by atoms with E-state index in [4.69, 9.17) is 4.74 Å². The van der Waals surface area contributed by atoms with E-state index in [1.165, 1.54) is 48.0 Å². The second-order valence-electron chi connectivity index (χ2n) is 9.89. The fraction of sp³-hybridized carbons (Fsp3) is 0.161. The average Bonchev–Trinajstić information content (AvgIpc) is 3.47. The lowest BCUT2D eigenvalue weighted by atomic mass is 10.1. The molecule has 5 rings (SSSR count). The van der Waals surface area contributed by atoms with Gasteiger partial charge in [0.25, 0.3) is 0 Å². The van der Waals surface area contributed by atoms with Crippen LogP contribution in [0.2, 0.25) is 0 Å². The highest BCUT2D eigenvalue weighted by atomic mass is 32.2. The minimum absolute atomic E-state index is 0.0295. The number of sulfonamides is 1. The van der Waals surface area contributed by atoms with Crippen LogP contribution in [0.25, 0.3) is 11.3 Å². The Kier molecular flexibility index (Phi) is 8.70. The number of aromatic nitrogens is 3. The Morgan fingerprint density at radius 3 is 2.39 bits per heavy atom. The third-order valence-corrected chi connectivity index (χ3v) is 8.64. The van der Waals surface area contributed by atoms with Gasteiger partial charge >= 0.3 is 6.18 Å². The molecule has 2 heterocycles. The predicted octanol–water partition coefficient (Wildman–Crippen LogP) is 6.72. The lowest BCUT2D eigenvalue weighted by Crippen LogP contribution is -2.26. The number of methoxy groups -OCH3 is 1. The molecule has 13 heteroatoms. The number of nitrogens with zero attached hydrogens (tertiary/aromatic N) is 4. The van der Waals surface area contributed by atoms with Crippen LogP contribution in [-0.4, -0.2) is 41.4 Å². The number of imidazole rings is 1. The van der Waals surface area contributed by atoms with Crippen LogP contribution in [0.1, 0.15) is 16.7 Å². The highest BCUT2D eigenvalue weighted by molar-refractivity contribution is 7.89. The first-order valence-electron chi connectivity index (χ1n) is 13.2. The van der Waals surface area contributed by atoms with E-state index in [9.17, 15) is 26.0 Å². The number of anilines is 2. The number of ether oxygens (including phenoxy) is 1. The summed E-state index contributed by atoms with van der Waals surface area (Å²) in [5.74, 6) is 0.368. The zero-order chi connectivity index (χ0) is 31.5. The number of rotatable bonds is 10. The molecule has 44 heavy (non-hydrogen) atoms. The number of nitrogens with one attached hydrogen (secondary N) is 1. The molecule has 0 aliphatic rings. The van der Waals surface area contributed by atoms with E-state index < -0.39 is 21.8 Å². The van der Waals surface area contributed by atoms with Crippen LogP contribution in [0, 0.1) is 5.82 Å². The van der Waals surface area contributed by atoms with Crippen molar-refractivity contribution in [3.05, 3.63) is 120 Å². The fourth-order valence-corrected chi connectivity index (χ4v) is 5.63. The first-order chi connectivity index (χ1) is 20.9. The van der Waals surface area contributed by atoms with Crippen molar-refractivity contribution in [3.8, 4) is 17.0 Å². The molecular formula is C31H27F4N5O3S. The van der Waals surface area contributed by atoms with E-state index in [1.54, 1.807) is 60.3 Å². The predicted molar refractivity (Wildman–Crippen MR) is 157 cm³/mol. The second kappa shape index (κ2) is 12.5. The standard InChI is InChI=1S/C31H27F4N5O3S/c1-39(17-21-7-10-24(43-2)11-8-21)44(41,42)25-12-13-28(38-30-14-9-23(16-36-30)31(33,34)35)26(15-25)29-19-40(20-37-29)18-22-5-3-4-6-27(22)32/h3-16,19-20H,17-18H2,1-2H3,(H,36,38). The monoisotopic (exact) mass is 625 g/mol. The molecule has 2 aromatic heterocycles. The second-order valence-corrected chi connectivity index (χ2v) is 11.9. The van der Waals surface area contributed by atoms with Crippen molar-refractivity contribution in [2.45, 2.75) is 24.2 Å². The molecule has 0 radical (unpaired) electrons. The SMILES string of the molecule is COc1ccc(CN(C)S(=O)(=O)c2ccc(Nc3ccc(C(F)(F)F)cn3)c(-c3cn(Cc4ccccc4F)cn3)c2)cc1. The molecule has 0 unspecified atom stereocenters. The van der Waals surface area contributed by atoms with Gasteiger partial charge in [0.1, 0.15) is 17.4 Å². The van der Waals surface area contributed by atoms with Crippen LogP contribution in [-0.2, 0) is 29.3 Å². The molecule has 0 bridgehead atoms. The number of hydrogen-bond acceptors (Lipinski definition) is 6. The summed E-state index contributed by atoms with van der Waals surface area (Å²) in [5, 5.41) is 2.97. The zero-order valence-electron chi connectivity index (χ0n) is 23.6. The van der Waals surface area contributed by atoms with Gasteiger partial charge in [0, 0.05) is 42.8 Å². The molecule has 0 aliphatic heterocycles. The van der Waals surface area contributed by atoms with Gasteiger partial charge in [-0.05, 0) is 54.1 Å². The van der Waals surface area contributed by atoms with Gasteiger partial charge in [-0.2, -0.15) is 17.5 Å². The highest BCUT2D eigenvalue weighted by Gasteiger charge is 2.30. The molecule has 1 N–H and O–H groups in total. The maximum absolute atomic E-state index is 14.3. The lowest BCUT2D eigenvalue weighted by Gasteiger charge is -2.19. The van der Waals surface area contributed by atoms with Crippen LogP contribution in [0.15, 0.2) is 102 Å². The maximum Gasteiger partial charge on any atom is 0.417 e. The highest BCUT2D eigenvalue weighted by Crippen LogP contribution is 2.34. The molecule has 0 amide bonds. The Balaban J connectivity index is 1.49. The number of hydrogen-bond donors (Lipinski definition) is 1. The molecule has 0 atom stereocenters. The van der Waals surface area contributed by atoms with E-state index in [1.807, 2.05) is 0 Å². The van der Waals surface area contributed by atoms with Gasteiger partial charge < -0.3 is 14.6 Å². The van der Waals surface area contributed by atoms with Crippen molar-refractivity contribution in [2.24, 2.45) is 0 Å². The first-order valence-corrected chi connectivity index (χ1v) is 14.7. The van der Waals surface area contributed by atoms with Crippen molar-refractivity contribution in [1.29, 1.82) is 0 Å². The van der Waals surface area contributed by atoms with Gasteiger partial charge in [-0.1, -0.05) is 30.3 Å². The van der Waals surface area contributed by atoms with E-state index >= 15 is 0 Å². The molecule has 8 nitrogen and oxygen atoms in total. The summed E-state index contributed by atoms with van der Waals surface area (Å²) in [5.41, 5.74) is 1.32. The van der Waals surface area contributed by atoms with Crippen molar-refractivity contribution in [3.63, 3.8) is 0 Å². The van der Waals surface area contributed by atoms with E-state index in [0.717, 1.165) is 11.6 Å². The van der Waals surface area contributed by atoms with Crippen LogP contribution in [0.4, 0.5) is 29.1 Å². The van der Waals surface area contributed by atoms with Crippen LogP contribution >= 0.6 is 0 Å². The molecule has 228 valence electrons. The van der Waals surface area contributed by atoms with E-state index in [0.29, 0.717) is 34.5 Å². The van der Waals surface area contributed by atoms with E-state index in [2.05, 4.69) is 15.3 Å². The van der Waals surface area contributed by atoms with E-state index in [-0.39, 0.29) is 29.6 Å². The van der Waals surface area contributed by atoms with Gasteiger partial charge in [0.2, 0.25) is 10.0 Å². The summed E-state index contributed by atoms with van der Waals surface area (Å²) in [6, 6.07) is 19.7. The Bertz CT molecular complexity index is 1860. The summed E-state index contributed by atoms with van der Waals surface area (Å²) in [7, 11) is -0.994. The largest absolute Gasteiger partial charge is 0.497 e. The Morgan fingerprint density at radius 2 is 1.73 bits per heavy atom. The summed E-state index contributed by atoms with van der Waals surface area (Å²) in [6.07, 6.45) is -0.725. The maximum atomic E-state index is 14.3. The van der Waals surface area contributed by atoms with Crippen molar-refractivity contribution >= 4 is 21.5 Å². The smallest absolute Gasteiger partial charge is 0.417 e. The number of benzene rings is 3. The van der Waals surface area contributed by atoms with Gasteiger partial charge in [0.15, 0.2) is 0 Å². The van der Waals surface area contributed by atoms with Crippen molar-refractivity contribution in [2.75, 3.05) is 19.5 Å². The molecular weight excluding hydrogens is 598 g/mol. The van der Waals surface area contributed by atoms with Gasteiger partial charge in [-0.3, -0.25) is 0 Å². The zero-order valence-corrected chi connectivity index (χ0v) is 24.4. The Morgan fingerprint density at radius 1 is 0.977 bits per heavy atom. The minimum Gasteiger partial charge on any atom is -0.497 e. The molecule has 3 aromatic carbocycles. The van der Waals surface area contributed by atoms with Crippen molar-refractivity contribution in [1.82, 2.24) is 18.8 Å². The lowest BCUT2D eigenvalue weighted by molar-refractivity contribution is -0.137. The number of pyridine rings is 1. The minimum atomic E-state index is -4.55. The summed E-state index contributed by atoms with van der Waals surface area (Å²) < 4.78 is 88.7. The van der Waals surface area contributed by atoms with Crippen LogP contribution in [0.5, 0.6) is 5.75 Å². The summed E-state index contributed by atoms with van der Waals surface area (Å²) >= 11 is 0. The molecule has 0 saturated carbocycles. The fourth-order valence-electron chi connectivity index (χ4n) is 4.44. The Labute approximate surface area is 251 Å².